The van der Waals surface area contributed by atoms with Gasteiger partial charge in [-0.15, -0.1) is 0 Å². The largest absolute Gasteiger partial charge is 0.485 e. The molecule has 2 N–H and O–H groups in total. The summed E-state index contributed by atoms with van der Waals surface area (Å²) in [5.41, 5.74) is 6.60. The quantitative estimate of drug-likeness (QED) is 0.610. The highest BCUT2D eigenvalue weighted by Crippen LogP contribution is 2.31. The van der Waals surface area contributed by atoms with E-state index in [4.69, 9.17) is 9.47 Å². The van der Waals surface area contributed by atoms with Crippen LogP contribution in [0.1, 0.15) is 28.2 Å². The van der Waals surface area contributed by atoms with E-state index in [-0.39, 0.29) is 12.3 Å². The van der Waals surface area contributed by atoms with Crippen molar-refractivity contribution in [1.29, 1.82) is 0 Å². The van der Waals surface area contributed by atoms with Crippen LogP contribution in [-0.4, -0.2) is 34.3 Å². The van der Waals surface area contributed by atoms with Gasteiger partial charge in [0.05, 0.1) is 5.69 Å². The lowest BCUT2D eigenvalue weighted by molar-refractivity contribution is -0.131. The third-order valence-electron chi connectivity index (χ3n) is 5.39. The van der Waals surface area contributed by atoms with Gasteiger partial charge in [0.1, 0.15) is 6.61 Å². The summed E-state index contributed by atoms with van der Waals surface area (Å²) >= 11 is 0. The fraction of sp³-hybridized carbons (Fsp3) is 0.227. The first kappa shape index (κ1) is 20.0. The van der Waals surface area contributed by atoms with Gasteiger partial charge >= 0.3 is 0 Å². The molecule has 32 heavy (non-hydrogen) atoms. The number of aromatic nitrogens is 2. The molecule has 3 aromatic rings. The number of halogens is 2. The summed E-state index contributed by atoms with van der Waals surface area (Å²) in [5, 5.41) is 4.30. The van der Waals surface area contributed by atoms with Gasteiger partial charge in [-0.25, -0.2) is 13.5 Å². The van der Waals surface area contributed by atoms with Crippen molar-refractivity contribution in [2.75, 3.05) is 6.61 Å². The maximum Gasteiger partial charge on any atom is 0.290 e. The van der Waals surface area contributed by atoms with Gasteiger partial charge in [-0.1, -0.05) is 12.1 Å². The van der Waals surface area contributed by atoms with E-state index in [1.165, 1.54) is 10.7 Å². The molecule has 1 aliphatic carbocycles. The Morgan fingerprint density at radius 1 is 1.03 bits per heavy atom. The number of hydrogen-bond donors (Lipinski definition) is 2. The van der Waals surface area contributed by atoms with Gasteiger partial charge in [0.2, 0.25) is 6.10 Å². The minimum Gasteiger partial charge on any atom is -0.485 e. The molecule has 1 aliphatic heterocycles. The molecule has 2 aliphatic rings. The molecule has 10 heteroatoms. The third-order valence-corrected chi connectivity index (χ3v) is 5.39. The summed E-state index contributed by atoms with van der Waals surface area (Å²) in [5.74, 6) is -2.18. The summed E-state index contributed by atoms with van der Waals surface area (Å²) in [6, 6.07) is 10.4. The topological polar surface area (TPSA) is 94.5 Å². The second-order valence-corrected chi connectivity index (χ2v) is 7.45. The molecule has 0 spiro atoms. The Morgan fingerprint density at radius 3 is 2.66 bits per heavy atom. The molecule has 0 radical (unpaired) electrons. The average molecular weight is 440 g/mol. The average Bonchev–Trinajstić information content (AvgIpc) is 3.42. The van der Waals surface area contributed by atoms with Crippen LogP contribution < -0.4 is 20.3 Å². The molecule has 1 unspecified atom stereocenters. The lowest BCUT2D eigenvalue weighted by Gasteiger charge is -2.25. The van der Waals surface area contributed by atoms with E-state index in [0.717, 1.165) is 24.2 Å². The minimum absolute atomic E-state index is 0.00112. The van der Waals surface area contributed by atoms with Crippen LogP contribution in [0.15, 0.2) is 42.5 Å². The van der Waals surface area contributed by atoms with Crippen molar-refractivity contribution >= 4 is 11.8 Å². The zero-order chi connectivity index (χ0) is 22.2. The van der Waals surface area contributed by atoms with Crippen molar-refractivity contribution in [2.24, 2.45) is 0 Å². The van der Waals surface area contributed by atoms with E-state index in [0.29, 0.717) is 35.6 Å². The summed E-state index contributed by atoms with van der Waals surface area (Å²) in [6.45, 7) is -0.00112. The number of fused-ring (bicyclic) bond motifs is 2. The van der Waals surface area contributed by atoms with Crippen LogP contribution in [0.3, 0.4) is 0 Å². The summed E-state index contributed by atoms with van der Waals surface area (Å²) < 4.78 is 39.6. The number of nitrogens with one attached hydrogen (secondary N) is 2. The van der Waals surface area contributed by atoms with E-state index in [1.54, 1.807) is 24.3 Å². The van der Waals surface area contributed by atoms with E-state index >= 15 is 0 Å². The van der Waals surface area contributed by atoms with Crippen molar-refractivity contribution in [2.45, 2.75) is 25.4 Å². The van der Waals surface area contributed by atoms with Crippen LogP contribution in [0.5, 0.6) is 11.5 Å². The molecule has 8 nitrogen and oxygen atoms in total. The van der Waals surface area contributed by atoms with Crippen molar-refractivity contribution < 1.29 is 27.8 Å². The molecule has 1 aromatic heterocycles. The molecule has 0 fully saturated rings. The maximum absolute atomic E-state index is 13.7. The number of ether oxygens (including phenoxy) is 2. The molecule has 0 bridgehead atoms. The highest BCUT2D eigenvalue weighted by molar-refractivity contribution is 5.96. The molecule has 2 amide bonds. The zero-order valence-electron chi connectivity index (χ0n) is 16.7. The van der Waals surface area contributed by atoms with E-state index in [9.17, 15) is 18.4 Å². The Hall–Kier alpha value is -3.95. The normalized spacial score (nSPS) is 16.4. The van der Waals surface area contributed by atoms with Crippen LogP contribution >= 0.6 is 0 Å². The standard InChI is InChI=1S/C22H18F2N4O4/c23-14-9-8-12(10-15(14)24)28-16-5-3-4-13(16)20(27-28)22(30)26-25-21(29)19-11-31-17-6-1-2-7-18(17)32-19/h1-2,6-10,19H,3-5,11H2,(H,25,29)(H,26,30). The van der Waals surface area contributed by atoms with Gasteiger partial charge in [-0.3, -0.25) is 20.4 Å². The number of carbonyl (C=O) groups excluding carboxylic acids is 2. The smallest absolute Gasteiger partial charge is 0.290 e. The zero-order valence-corrected chi connectivity index (χ0v) is 16.7. The van der Waals surface area contributed by atoms with Crippen LogP contribution in [0.25, 0.3) is 5.69 Å². The number of rotatable bonds is 3. The van der Waals surface area contributed by atoms with Gasteiger partial charge in [0.25, 0.3) is 11.8 Å². The first-order valence-corrected chi connectivity index (χ1v) is 10.1. The van der Waals surface area contributed by atoms with Gasteiger partial charge in [0.15, 0.2) is 28.8 Å². The predicted molar refractivity (Wildman–Crippen MR) is 107 cm³/mol. The highest BCUT2D eigenvalue weighted by Gasteiger charge is 2.30. The first-order valence-electron chi connectivity index (χ1n) is 10.1. The summed E-state index contributed by atoms with van der Waals surface area (Å²) in [7, 11) is 0. The number of carbonyl (C=O) groups is 2. The minimum atomic E-state index is -1.00. The number of hydrazine groups is 1. The lowest BCUT2D eigenvalue weighted by Crippen LogP contribution is -2.51. The second kappa shape index (κ2) is 7.95. The van der Waals surface area contributed by atoms with Crippen LogP contribution in [-0.2, 0) is 17.6 Å². The van der Waals surface area contributed by atoms with Crippen molar-refractivity contribution in [1.82, 2.24) is 20.6 Å². The number of benzene rings is 2. The lowest BCUT2D eigenvalue weighted by atomic mass is 10.2. The first-order chi connectivity index (χ1) is 15.5. The van der Waals surface area contributed by atoms with Crippen molar-refractivity contribution in [3.05, 3.63) is 71.1 Å². The van der Waals surface area contributed by atoms with Crippen molar-refractivity contribution in [3.63, 3.8) is 0 Å². The van der Waals surface area contributed by atoms with E-state index in [2.05, 4.69) is 16.0 Å². The molecule has 0 saturated heterocycles. The molecule has 2 heterocycles. The number of para-hydroxylation sites is 2. The van der Waals surface area contributed by atoms with Crippen LogP contribution in [0.4, 0.5) is 8.78 Å². The molecule has 164 valence electrons. The third kappa shape index (κ3) is 3.53. The monoisotopic (exact) mass is 440 g/mol. The predicted octanol–water partition coefficient (Wildman–Crippen LogP) is 2.24. The van der Waals surface area contributed by atoms with Crippen molar-refractivity contribution in [3.8, 4) is 17.2 Å². The summed E-state index contributed by atoms with van der Waals surface area (Å²) in [4.78, 5) is 25.2. The number of amides is 2. The molecule has 5 rings (SSSR count). The van der Waals surface area contributed by atoms with Gasteiger partial charge in [-0.2, -0.15) is 5.10 Å². The summed E-state index contributed by atoms with van der Waals surface area (Å²) in [6.07, 6.45) is 1.13. The van der Waals surface area contributed by atoms with Gasteiger partial charge in [-0.05, 0) is 43.5 Å². The number of nitrogens with zero attached hydrogens (tertiary/aromatic N) is 2. The van der Waals surface area contributed by atoms with Gasteiger partial charge < -0.3 is 9.47 Å². The van der Waals surface area contributed by atoms with Gasteiger partial charge in [0, 0.05) is 17.3 Å². The number of hydrogen-bond acceptors (Lipinski definition) is 5. The molecule has 1 atom stereocenters. The Labute approximate surface area is 181 Å². The highest BCUT2D eigenvalue weighted by atomic mass is 19.2. The molecule has 2 aromatic carbocycles. The Bertz CT molecular complexity index is 1230. The van der Waals surface area contributed by atoms with Crippen LogP contribution in [0, 0.1) is 11.6 Å². The van der Waals surface area contributed by atoms with Crippen LogP contribution in [0.2, 0.25) is 0 Å². The van der Waals surface area contributed by atoms with E-state index in [1.807, 2.05) is 0 Å². The second-order valence-electron chi connectivity index (χ2n) is 7.45. The Balaban J connectivity index is 1.30. The fourth-order valence-electron chi connectivity index (χ4n) is 3.86. The Morgan fingerprint density at radius 2 is 1.84 bits per heavy atom. The molecular formula is C22H18F2N4O4. The fourth-order valence-corrected chi connectivity index (χ4v) is 3.86. The SMILES string of the molecule is O=C(NNC(=O)C1COc2ccccc2O1)c1nn(-c2ccc(F)c(F)c2)c2c1CCC2. The maximum atomic E-state index is 13.7. The molecule has 0 saturated carbocycles. The Kier molecular flexibility index (Phi) is 4.96. The molecular weight excluding hydrogens is 422 g/mol. The van der Waals surface area contributed by atoms with E-state index < -0.39 is 29.6 Å².